The number of aromatic amines is 1. The van der Waals surface area contributed by atoms with Crippen LogP contribution in [0, 0.1) is 5.82 Å². The number of H-pyrrole nitrogens is 1. The lowest BCUT2D eigenvalue weighted by molar-refractivity contribution is 0.466. The third-order valence-electron chi connectivity index (χ3n) is 2.64. The molecule has 19 heavy (non-hydrogen) atoms. The molecule has 1 aromatic carbocycles. The van der Waals surface area contributed by atoms with Gasteiger partial charge in [0.2, 0.25) is 10.0 Å². The predicted molar refractivity (Wildman–Crippen MR) is 68.1 cm³/mol. The van der Waals surface area contributed by atoms with Crippen molar-refractivity contribution in [1.82, 2.24) is 14.5 Å². The van der Waals surface area contributed by atoms with Gasteiger partial charge in [-0.15, -0.1) is 0 Å². The summed E-state index contributed by atoms with van der Waals surface area (Å²) in [6.45, 7) is 0.163. The normalized spacial score (nSPS) is 11.9. The van der Waals surface area contributed by atoms with E-state index in [2.05, 4.69) is 10.2 Å². The number of nitrogens with zero attached hydrogens (tertiary/aromatic N) is 2. The number of nitrogens with one attached hydrogen (secondary N) is 1. The van der Waals surface area contributed by atoms with Gasteiger partial charge in [-0.3, -0.25) is 5.10 Å². The van der Waals surface area contributed by atoms with Gasteiger partial charge in [-0.2, -0.15) is 9.40 Å². The van der Waals surface area contributed by atoms with Crippen LogP contribution in [0.2, 0.25) is 0 Å². The van der Waals surface area contributed by atoms with Crippen LogP contribution in [0.4, 0.5) is 10.1 Å². The molecule has 6 nitrogen and oxygen atoms in total. The number of halogens is 1. The summed E-state index contributed by atoms with van der Waals surface area (Å²) < 4.78 is 38.7. The quantitative estimate of drug-likeness (QED) is 0.818. The second-order valence-corrected chi connectivity index (χ2v) is 6.10. The van der Waals surface area contributed by atoms with Gasteiger partial charge >= 0.3 is 0 Å². The first-order valence-corrected chi connectivity index (χ1v) is 6.84. The highest BCUT2D eigenvalue weighted by Gasteiger charge is 2.22. The summed E-state index contributed by atoms with van der Waals surface area (Å²) in [7, 11) is -2.28. The van der Waals surface area contributed by atoms with Gasteiger partial charge in [0, 0.05) is 25.4 Å². The maximum absolute atomic E-state index is 13.0. The van der Waals surface area contributed by atoms with E-state index in [-0.39, 0.29) is 17.1 Å². The zero-order valence-corrected chi connectivity index (χ0v) is 11.0. The van der Waals surface area contributed by atoms with Crippen molar-refractivity contribution in [3.05, 3.63) is 42.0 Å². The Morgan fingerprint density at radius 3 is 2.79 bits per heavy atom. The van der Waals surface area contributed by atoms with Crippen molar-refractivity contribution in [2.45, 2.75) is 11.4 Å². The second-order valence-electron chi connectivity index (χ2n) is 4.05. The van der Waals surface area contributed by atoms with Crippen molar-refractivity contribution in [3.63, 3.8) is 0 Å². The zero-order valence-electron chi connectivity index (χ0n) is 10.2. The third-order valence-corrected chi connectivity index (χ3v) is 4.44. The van der Waals surface area contributed by atoms with E-state index in [9.17, 15) is 12.8 Å². The van der Waals surface area contributed by atoms with E-state index in [4.69, 9.17) is 5.73 Å². The molecule has 0 aliphatic carbocycles. The van der Waals surface area contributed by atoms with Gasteiger partial charge in [-0.05, 0) is 18.2 Å². The summed E-state index contributed by atoms with van der Waals surface area (Å²) in [6.07, 6.45) is 3.14. The van der Waals surface area contributed by atoms with Crippen LogP contribution in [-0.2, 0) is 16.6 Å². The average Bonchev–Trinajstić information content (AvgIpc) is 2.85. The smallest absolute Gasteiger partial charge is 0.243 e. The van der Waals surface area contributed by atoms with Gasteiger partial charge in [-0.25, -0.2) is 12.8 Å². The molecule has 2 rings (SSSR count). The highest BCUT2D eigenvalue weighted by atomic mass is 32.2. The summed E-state index contributed by atoms with van der Waals surface area (Å²) in [4.78, 5) is -0.0441. The summed E-state index contributed by atoms with van der Waals surface area (Å²) in [6, 6.07) is 3.33. The summed E-state index contributed by atoms with van der Waals surface area (Å²) >= 11 is 0. The molecule has 0 radical (unpaired) electrons. The van der Waals surface area contributed by atoms with Crippen LogP contribution in [0.5, 0.6) is 0 Å². The predicted octanol–water partition coefficient (Wildman–Crippen LogP) is 0.952. The number of hydrogen-bond donors (Lipinski definition) is 2. The summed E-state index contributed by atoms with van der Waals surface area (Å²) in [5.41, 5.74) is 5.91. The van der Waals surface area contributed by atoms with E-state index in [1.807, 2.05) is 0 Å². The largest absolute Gasteiger partial charge is 0.396 e. The van der Waals surface area contributed by atoms with Crippen molar-refractivity contribution in [1.29, 1.82) is 0 Å². The average molecular weight is 284 g/mol. The monoisotopic (exact) mass is 284 g/mol. The number of nitrogen functional groups attached to an aromatic ring is 1. The number of anilines is 1. The third kappa shape index (κ3) is 2.74. The lowest BCUT2D eigenvalue weighted by Crippen LogP contribution is -2.26. The highest BCUT2D eigenvalue weighted by molar-refractivity contribution is 7.89. The molecule has 102 valence electrons. The molecule has 0 unspecified atom stereocenters. The van der Waals surface area contributed by atoms with E-state index in [0.29, 0.717) is 0 Å². The topological polar surface area (TPSA) is 92.1 Å². The Hall–Kier alpha value is -1.93. The standard InChI is InChI=1S/C11H13FN4O2S/c1-16(7-8-5-14-15-6-8)19(17,18)9-2-3-10(12)11(13)4-9/h2-6H,7,13H2,1H3,(H,14,15). The second kappa shape index (κ2) is 4.98. The minimum Gasteiger partial charge on any atom is -0.396 e. The van der Waals surface area contributed by atoms with Crippen molar-refractivity contribution in [3.8, 4) is 0 Å². The minimum atomic E-state index is -3.71. The van der Waals surface area contributed by atoms with Crippen LogP contribution in [0.1, 0.15) is 5.56 Å². The Bertz CT molecular complexity index is 670. The van der Waals surface area contributed by atoms with Crippen LogP contribution in [0.3, 0.4) is 0 Å². The fourth-order valence-corrected chi connectivity index (χ4v) is 2.76. The SMILES string of the molecule is CN(Cc1cn[nH]c1)S(=O)(=O)c1ccc(F)c(N)c1. The van der Waals surface area contributed by atoms with Crippen molar-refractivity contribution < 1.29 is 12.8 Å². The molecule has 8 heteroatoms. The lowest BCUT2D eigenvalue weighted by Gasteiger charge is -2.16. The maximum atomic E-state index is 13.0. The number of benzene rings is 1. The molecule has 0 aliphatic heterocycles. The first-order chi connectivity index (χ1) is 8.91. The van der Waals surface area contributed by atoms with E-state index >= 15 is 0 Å². The lowest BCUT2D eigenvalue weighted by atomic mass is 10.3. The molecule has 0 amide bonds. The molecule has 0 fully saturated rings. The van der Waals surface area contributed by atoms with E-state index in [1.165, 1.54) is 19.3 Å². The number of rotatable bonds is 4. The number of sulfonamides is 1. The fourth-order valence-electron chi connectivity index (χ4n) is 1.57. The molecule has 0 bridgehead atoms. The first-order valence-electron chi connectivity index (χ1n) is 5.40. The molecule has 1 aromatic heterocycles. The van der Waals surface area contributed by atoms with Crippen LogP contribution in [0.25, 0.3) is 0 Å². The van der Waals surface area contributed by atoms with Gasteiger partial charge in [0.05, 0.1) is 16.8 Å². The van der Waals surface area contributed by atoms with Crippen LogP contribution in [-0.4, -0.2) is 30.0 Å². The Balaban J connectivity index is 2.28. The molecule has 0 saturated carbocycles. The van der Waals surface area contributed by atoms with Crippen LogP contribution < -0.4 is 5.73 Å². The molecular weight excluding hydrogens is 271 g/mol. The van der Waals surface area contributed by atoms with Crippen molar-refractivity contribution in [2.24, 2.45) is 0 Å². The zero-order chi connectivity index (χ0) is 14.0. The summed E-state index contributed by atoms with van der Waals surface area (Å²) in [5.74, 6) is -0.642. The van der Waals surface area contributed by atoms with Gasteiger partial charge in [-0.1, -0.05) is 0 Å². The van der Waals surface area contributed by atoms with E-state index in [0.717, 1.165) is 22.0 Å². The number of nitrogens with two attached hydrogens (primary N) is 1. The van der Waals surface area contributed by atoms with Gasteiger partial charge in [0.25, 0.3) is 0 Å². The molecular formula is C11H13FN4O2S. The molecule has 3 N–H and O–H groups in total. The summed E-state index contributed by atoms with van der Waals surface area (Å²) in [5, 5.41) is 6.34. The van der Waals surface area contributed by atoms with Crippen molar-refractivity contribution in [2.75, 3.05) is 12.8 Å². The van der Waals surface area contributed by atoms with Crippen LogP contribution >= 0.6 is 0 Å². The van der Waals surface area contributed by atoms with E-state index in [1.54, 1.807) is 6.20 Å². The van der Waals surface area contributed by atoms with Crippen LogP contribution in [0.15, 0.2) is 35.5 Å². The highest BCUT2D eigenvalue weighted by Crippen LogP contribution is 2.20. The van der Waals surface area contributed by atoms with Crippen molar-refractivity contribution >= 4 is 15.7 Å². The van der Waals surface area contributed by atoms with Gasteiger partial charge < -0.3 is 5.73 Å². The maximum Gasteiger partial charge on any atom is 0.243 e. The minimum absolute atomic E-state index is 0.0441. The molecule has 2 aromatic rings. The van der Waals surface area contributed by atoms with Gasteiger partial charge in [0.15, 0.2) is 0 Å². The number of aromatic nitrogens is 2. The Kier molecular flexibility index (Phi) is 3.54. The molecule has 0 saturated heterocycles. The van der Waals surface area contributed by atoms with E-state index < -0.39 is 15.8 Å². The fraction of sp³-hybridized carbons (Fsp3) is 0.182. The number of hydrogen-bond acceptors (Lipinski definition) is 4. The molecule has 0 spiro atoms. The molecule has 0 aliphatic rings. The Labute approximate surface area is 110 Å². The Morgan fingerprint density at radius 2 is 2.21 bits per heavy atom. The molecule has 1 heterocycles. The van der Waals surface area contributed by atoms with Gasteiger partial charge in [0.1, 0.15) is 5.82 Å². The molecule has 0 atom stereocenters. The first kappa shape index (κ1) is 13.5. The Morgan fingerprint density at radius 1 is 1.47 bits per heavy atom.